The number of nitrogens with one attached hydrogen (secondary N) is 1. The van der Waals surface area contributed by atoms with E-state index in [2.05, 4.69) is 5.32 Å². The van der Waals surface area contributed by atoms with Gasteiger partial charge in [-0.25, -0.2) is 4.79 Å². The number of aliphatic hydroxyl groups is 1. The number of aliphatic hydroxyl groups excluding tert-OH is 1. The predicted molar refractivity (Wildman–Crippen MR) is 80.0 cm³/mol. The first-order chi connectivity index (χ1) is 10.1. The molecule has 0 atom stereocenters. The standard InChI is InChI=1S/C16H28N2O3/c1-21-5-3-18(2-4-19)15(20)17-16-9-12-6-13(10-16)8-14(7-12)11-16/h12-14,19H,2-11H2,1H3,(H,17,20). The molecule has 0 unspecified atom stereocenters. The maximum Gasteiger partial charge on any atom is 0.317 e. The SMILES string of the molecule is COCCN(CCO)C(=O)NC12CC3CC(CC(C3)C1)C2. The van der Waals surface area contributed by atoms with Crippen LogP contribution in [0.2, 0.25) is 0 Å². The lowest BCUT2D eigenvalue weighted by Crippen LogP contribution is -2.62. The first-order valence-electron chi connectivity index (χ1n) is 8.31. The van der Waals surface area contributed by atoms with E-state index >= 15 is 0 Å². The number of methoxy groups -OCH3 is 1. The molecule has 0 saturated heterocycles. The monoisotopic (exact) mass is 296 g/mol. The van der Waals surface area contributed by atoms with Gasteiger partial charge >= 0.3 is 6.03 Å². The Kier molecular flexibility index (Phi) is 4.41. The van der Waals surface area contributed by atoms with Crippen molar-refractivity contribution in [1.29, 1.82) is 0 Å². The number of carbonyl (C=O) groups is 1. The zero-order valence-electron chi connectivity index (χ0n) is 13.0. The summed E-state index contributed by atoms with van der Waals surface area (Å²) in [5, 5.41) is 12.5. The van der Waals surface area contributed by atoms with Crippen molar-refractivity contribution in [2.45, 2.75) is 44.1 Å². The molecule has 4 rings (SSSR count). The molecule has 0 aromatic carbocycles. The smallest absolute Gasteiger partial charge is 0.317 e. The van der Waals surface area contributed by atoms with E-state index in [0.717, 1.165) is 37.0 Å². The van der Waals surface area contributed by atoms with Crippen molar-refractivity contribution in [2.75, 3.05) is 33.4 Å². The van der Waals surface area contributed by atoms with E-state index < -0.39 is 0 Å². The van der Waals surface area contributed by atoms with Crippen molar-refractivity contribution in [3.8, 4) is 0 Å². The third-order valence-corrected chi connectivity index (χ3v) is 5.63. The Balaban J connectivity index is 1.63. The van der Waals surface area contributed by atoms with Crippen molar-refractivity contribution in [3.05, 3.63) is 0 Å². The van der Waals surface area contributed by atoms with Crippen LogP contribution in [-0.4, -0.2) is 55.0 Å². The van der Waals surface area contributed by atoms with Crippen LogP contribution in [-0.2, 0) is 4.74 Å². The second-order valence-corrected chi connectivity index (χ2v) is 7.33. The highest BCUT2D eigenvalue weighted by atomic mass is 16.5. The third kappa shape index (κ3) is 3.19. The lowest BCUT2D eigenvalue weighted by Gasteiger charge is -2.57. The lowest BCUT2D eigenvalue weighted by molar-refractivity contribution is -0.0162. The van der Waals surface area contributed by atoms with Gasteiger partial charge in [-0.05, 0) is 56.3 Å². The van der Waals surface area contributed by atoms with Crippen LogP contribution < -0.4 is 5.32 Å². The summed E-state index contributed by atoms with van der Waals surface area (Å²) in [6.45, 7) is 1.42. The molecule has 0 spiro atoms. The summed E-state index contributed by atoms with van der Waals surface area (Å²) in [6.07, 6.45) is 7.59. The molecule has 4 bridgehead atoms. The van der Waals surface area contributed by atoms with Gasteiger partial charge in [0.05, 0.1) is 13.2 Å². The number of hydrogen-bond acceptors (Lipinski definition) is 3. The fourth-order valence-electron chi connectivity index (χ4n) is 5.21. The first kappa shape index (κ1) is 15.1. The van der Waals surface area contributed by atoms with Crippen molar-refractivity contribution in [3.63, 3.8) is 0 Å². The van der Waals surface area contributed by atoms with Gasteiger partial charge in [0.1, 0.15) is 0 Å². The minimum atomic E-state index is -0.0250. The zero-order valence-corrected chi connectivity index (χ0v) is 13.0. The van der Waals surface area contributed by atoms with Gasteiger partial charge in [-0.2, -0.15) is 0 Å². The Morgan fingerprint density at radius 1 is 1.19 bits per heavy atom. The molecule has 5 heteroatoms. The summed E-state index contributed by atoms with van der Waals surface area (Å²) in [5.74, 6) is 2.46. The van der Waals surface area contributed by atoms with Crippen molar-refractivity contribution < 1.29 is 14.6 Å². The number of urea groups is 1. The molecule has 0 radical (unpaired) electrons. The van der Waals surface area contributed by atoms with Crippen LogP contribution in [0, 0.1) is 17.8 Å². The van der Waals surface area contributed by atoms with E-state index in [0.29, 0.717) is 19.7 Å². The summed E-state index contributed by atoms with van der Waals surface area (Å²) in [5.41, 5.74) is 0.0343. The van der Waals surface area contributed by atoms with Crippen LogP contribution in [0.1, 0.15) is 38.5 Å². The highest BCUT2D eigenvalue weighted by molar-refractivity contribution is 5.75. The number of hydrogen-bond donors (Lipinski definition) is 2. The Morgan fingerprint density at radius 3 is 2.24 bits per heavy atom. The fourth-order valence-corrected chi connectivity index (χ4v) is 5.21. The maximum atomic E-state index is 12.6. The van der Waals surface area contributed by atoms with E-state index in [1.165, 1.54) is 19.3 Å². The normalized spacial score (nSPS) is 36.8. The molecule has 2 N–H and O–H groups in total. The number of carbonyl (C=O) groups excluding carboxylic acids is 1. The van der Waals surface area contributed by atoms with E-state index in [-0.39, 0.29) is 18.2 Å². The summed E-state index contributed by atoms with van der Waals surface area (Å²) in [7, 11) is 1.63. The molecule has 4 aliphatic rings. The quantitative estimate of drug-likeness (QED) is 0.783. The minimum absolute atomic E-state index is 0.00197. The van der Waals surface area contributed by atoms with Crippen LogP contribution in [0.3, 0.4) is 0 Å². The van der Waals surface area contributed by atoms with Crippen LogP contribution in [0.25, 0.3) is 0 Å². The summed E-state index contributed by atoms with van der Waals surface area (Å²) < 4.78 is 5.06. The van der Waals surface area contributed by atoms with Gasteiger partial charge < -0.3 is 20.1 Å². The molecule has 4 fully saturated rings. The molecule has 5 nitrogen and oxygen atoms in total. The highest BCUT2D eigenvalue weighted by Gasteiger charge is 2.51. The zero-order chi connectivity index (χ0) is 14.9. The van der Waals surface area contributed by atoms with Crippen LogP contribution in [0.5, 0.6) is 0 Å². The molecule has 0 aliphatic heterocycles. The average Bonchev–Trinajstić information content (AvgIpc) is 2.41. The molecule has 21 heavy (non-hydrogen) atoms. The number of rotatable bonds is 6. The largest absolute Gasteiger partial charge is 0.395 e. The van der Waals surface area contributed by atoms with Crippen LogP contribution in [0.4, 0.5) is 4.79 Å². The van der Waals surface area contributed by atoms with Gasteiger partial charge in [0.15, 0.2) is 0 Å². The molecule has 0 aromatic heterocycles. The topological polar surface area (TPSA) is 61.8 Å². The predicted octanol–water partition coefficient (Wildman–Crippen LogP) is 1.61. The van der Waals surface area contributed by atoms with Gasteiger partial charge in [-0.1, -0.05) is 0 Å². The summed E-state index contributed by atoms with van der Waals surface area (Å²) >= 11 is 0. The second kappa shape index (κ2) is 6.13. The fraction of sp³-hybridized carbons (Fsp3) is 0.938. The lowest BCUT2D eigenvalue weighted by atomic mass is 9.53. The van der Waals surface area contributed by atoms with Gasteiger partial charge in [0.2, 0.25) is 0 Å². The van der Waals surface area contributed by atoms with Gasteiger partial charge in [0, 0.05) is 25.7 Å². The minimum Gasteiger partial charge on any atom is -0.395 e. The van der Waals surface area contributed by atoms with E-state index in [1.807, 2.05) is 0 Å². The van der Waals surface area contributed by atoms with Crippen molar-refractivity contribution >= 4 is 6.03 Å². The first-order valence-corrected chi connectivity index (χ1v) is 8.31. The average molecular weight is 296 g/mol. The second-order valence-electron chi connectivity index (χ2n) is 7.33. The Morgan fingerprint density at radius 2 is 1.76 bits per heavy atom. The Hall–Kier alpha value is -0.810. The summed E-state index contributed by atoms with van der Waals surface area (Å²) in [4.78, 5) is 14.3. The third-order valence-electron chi connectivity index (χ3n) is 5.63. The molecule has 120 valence electrons. The number of ether oxygens (including phenoxy) is 1. The van der Waals surface area contributed by atoms with Crippen LogP contribution >= 0.6 is 0 Å². The van der Waals surface area contributed by atoms with Gasteiger partial charge in [0.25, 0.3) is 0 Å². The Bertz CT molecular complexity index is 350. The van der Waals surface area contributed by atoms with E-state index in [1.54, 1.807) is 12.0 Å². The van der Waals surface area contributed by atoms with Crippen LogP contribution in [0.15, 0.2) is 0 Å². The van der Waals surface area contributed by atoms with Gasteiger partial charge in [-0.15, -0.1) is 0 Å². The molecule has 4 aliphatic carbocycles. The molecule has 0 aromatic rings. The van der Waals surface area contributed by atoms with Crippen molar-refractivity contribution in [1.82, 2.24) is 10.2 Å². The molecule has 0 heterocycles. The summed E-state index contributed by atoms with van der Waals surface area (Å²) in [6, 6.07) is -0.0250. The number of nitrogens with zero attached hydrogens (tertiary/aromatic N) is 1. The molecular weight excluding hydrogens is 268 g/mol. The van der Waals surface area contributed by atoms with Gasteiger partial charge in [-0.3, -0.25) is 0 Å². The molecular formula is C16H28N2O3. The van der Waals surface area contributed by atoms with E-state index in [4.69, 9.17) is 9.84 Å². The molecule has 4 saturated carbocycles. The maximum absolute atomic E-state index is 12.6. The Labute approximate surface area is 127 Å². The molecule has 2 amide bonds. The highest BCUT2D eigenvalue weighted by Crippen LogP contribution is 2.55. The van der Waals surface area contributed by atoms with Crippen molar-refractivity contribution in [2.24, 2.45) is 17.8 Å². The van der Waals surface area contributed by atoms with E-state index in [9.17, 15) is 4.79 Å². The number of amides is 2.